The second kappa shape index (κ2) is 6.66. The molecule has 5 aromatic rings. The quantitative estimate of drug-likeness (QED) is 0.259. The predicted octanol–water partition coefficient (Wildman–Crippen LogP) is 7.28. The maximum atomic E-state index is 6.86. The molecule has 0 fully saturated rings. The zero-order chi connectivity index (χ0) is 23.1. The van der Waals surface area contributed by atoms with Gasteiger partial charge in [-0.2, -0.15) is 0 Å². The molecule has 0 saturated carbocycles. The Bertz CT molecular complexity index is 1590. The van der Waals surface area contributed by atoms with Crippen LogP contribution in [0.15, 0.2) is 59.3 Å². The first-order chi connectivity index (χ1) is 15.7. The highest BCUT2D eigenvalue weighted by Crippen LogP contribution is 2.50. The van der Waals surface area contributed by atoms with Crippen LogP contribution in [0.25, 0.3) is 44.0 Å². The SMILES string of the molecule is Cc1ncc2c(oc3c2ccc2ccc4c(c23)C(C)(C)CCC4(C)C)c1-c1cccc[n+]1C. The molecule has 0 N–H and O–H groups in total. The molecule has 3 nitrogen and oxygen atoms in total. The van der Waals surface area contributed by atoms with E-state index in [1.54, 1.807) is 0 Å². The van der Waals surface area contributed by atoms with Crippen LogP contribution >= 0.6 is 0 Å². The van der Waals surface area contributed by atoms with Crippen molar-refractivity contribution in [2.75, 3.05) is 0 Å². The summed E-state index contributed by atoms with van der Waals surface area (Å²) in [7, 11) is 2.08. The van der Waals surface area contributed by atoms with Crippen molar-refractivity contribution in [3.05, 3.63) is 71.7 Å². The number of aromatic nitrogens is 2. The number of nitrogens with zero attached hydrogens (tertiary/aromatic N) is 2. The first-order valence-corrected chi connectivity index (χ1v) is 11.9. The van der Waals surface area contributed by atoms with Gasteiger partial charge in [-0.1, -0.05) is 45.9 Å². The van der Waals surface area contributed by atoms with Crippen molar-refractivity contribution in [3.8, 4) is 11.3 Å². The minimum absolute atomic E-state index is 0.0977. The Morgan fingerprint density at radius 1 is 0.879 bits per heavy atom. The van der Waals surface area contributed by atoms with E-state index in [2.05, 4.69) is 94.9 Å². The summed E-state index contributed by atoms with van der Waals surface area (Å²) in [5.41, 5.74) is 8.27. The average Bonchev–Trinajstić information content (AvgIpc) is 3.16. The summed E-state index contributed by atoms with van der Waals surface area (Å²) in [4.78, 5) is 4.79. The Balaban J connectivity index is 1.80. The molecule has 0 saturated heterocycles. The lowest BCUT2D eigenvalue weighted by atomic mass is 9.62. The summed E-state index contributed by atoms with van der Waals surface area (Å²) in [5, 5.41) is 4.77. The lowest BCUT2D eigenvalue weighted by molar-refractivity contribution is -0.660. The van der Waals surface area contributed by atoms with Gasteiger partial charge in [0.15, 0.2) is 11.8 Å². The van der Waals surface area contributed by atoms with Gasteiger partial charge in [0.2, 0.25) is 5.69 Å². The molecule has 0 aliphatic heterocycles. The monoisotopic (exact) mass is 435 g/mol. The van der Waals surface area contributed by atoms with Crippen LogP contribution in [-0.2, 0) is 17.9 Å². The highest BCUT2D eigenvalue weighted by Gasteiger charge is 2.39. The molecule has 1 aliphatic rings. The van der Waals surface area contributed by atoms with E-state index in [-0.39, 0.29) is 10.8 Å². The van der Waals surface area contributed by atoms with Crippen LogP contribution in [0.2, 0.25) is 0 Å². The molecule has 3 heteroatoms. The molecule has 3 heterocycles. The molecule has 0 atom stereocenters. The number of benzene rings is 2. The van der Waals surface area contributed by atoms with Gasteiger partial charge in [-0.3, -0.25) is 4.98 Å². The van der Waals surface area contributed by atoms with Crippen LogP contribution in [0.5, 0.6) is 0 Å². The topological polar surface area (TPSA) is 29.9 Å². The summed E-state index contributed by atoms with van der Waals surface area (Å²) in [6, 6.07) is 15.4. The molecule has 1 aliphatic carbocycles. The minimum atomic E-state index is 0.0977. The van der Waals surface area contributed by atoms with Gasteiger partial charge < -0.3 is 4.42 Å². The van der Waals surface area contributed by atoms with Gasteiger partial charge >= 0.3 is 0 Å². The van der Waals surface area contributed by atoms with Gasteiger partial charge in [-0.15, -0.1) is 0 Å². The second-order valence-corrected chi connectivity index (χ2v) is 11.1. The molecule has 33 heavy (non-hydrogen) atoms. The van der Waals surface area contributed by atoms with E-state index in [4.69, 9.17) is 9.40 Å². The van der Waals surface area contributed by atoms with Gasteiger partial charge in [0.1, 0.15) is 18.2 Å². The Morgan fingerprint density at radius 2 is 1.64 bits per heavy atom. The van der Waals surface area contributed by atoms with Crippen molar-refractivity contribution in [1.82, 2.24) is 4.98 Å². The molecule has 6 rings (SSSR count). The molecule has 0 spiro atoms. The second-order valence-electron chi connectivity index (χ2n) is 11.1. The smallest absolute Gasteiger partial charge is 0.217 e. The molecular formula is C30H31N2O+. The molecule has 0 amide bonds. The Morgan fingerprint density at radius 3 is 2.42 bits per heavy atom. The maximum absolute atomic E-state index is 6.86. The summed E-state index contributed by atoms with van der Waals surface area (Å²) in [6.07, 6.45) is 6.44. The Labute approximate surface area is 195 Å². The van der Waals surface area contributed by atoms with E-state index in [1.807, 2.05) is 6.20 Å². The van der Waals surface area contributed by atoms with Gasteiger partial charge in [-0.25, -0.2) is 4.57 Å². The highest BCUT2D eigenvalue weighted by atomic mass is 16.3. The van der Waals surface area contributed by atoms with Crippen molar-refractivity contribution >= 4 is 32.7 Å². The molecule has 0 unspecified atom stereocenters. The van der Waals surface area contributed by atoms with Gasteiger partial charge in [0, 0.05) is 34.5 Å². The third-order valence-electron chi connectivity index (χ3n) is 7.95. The number of hydrogen-bond acceptors (Lipinski definition) is 2. The van der Waals surface area contributed by atoms with Crippen molar-refractivity contribution in [1.29, 1.82) is 0 Å². The fraction of sp³-hybridized carbons (Fsp3) is 0.333. The molecule has 166 valence electrons. The van der Waals surface area contributed by atoms with Crippen LogP contribution in [0, 0.1) is 6.92 Å². The summed E-state index contributed by atoms with van der Waals surface area (Å²) in [5.74, 6) is 0. The van der Waals surface area contributed by atoms with E-state index in [9.17, 15) is 0 Å². The highest BCUT2D eigenvalue weighted by molar-refractivity contribution is 6.18. The molecule has 0 bridgehead atoms. The number of fused-ring (bicyclic) bond motifs is 7. The zero-order valence-corrected chi connectivity index (χ0v) is 20.4. The van der Waals surface area contributed by atoms with E-state index in [0.717, 1.165) is 38.9 Å². The Hall–Kier alpha value is -3.20. The van der Waals surface area contributed by atoms with E-state index in [1.165, 1.54) is 34.7 Å². The average molecular weight is 436 g/mol. The molecule has 3 aromatic heterocycles. The maximum Gasteiger partial charge on any atom is 0.217 e. The van der Waals surface area contributed by atoms with Gasteiger partial charge in [0.25, 0.3) is 0 Å². The third-order valence-corrected chi connectivity index (χ3v) is 7.95. The van der Waals surface area contributed by atoms with Crippen molar-refractivity contribution < 1.29 is 8.98 Å². The number of pyridine rings is 2. The van der Waals surface area contributed by atoms with E-state index >= 15 is 0 Å². The van der Waals surface area contributed by atoms with Gasteiger partial charge in [-0.05, 0) is 59.2 Å². The first kappa shape index (κ1) is 20.4. The van der Waals surface area contributed by atoms with Crippen molar-refractivity contribution in [2.24, 2.45) is 7.05 Å². The predicted molar refractivity (Wildman–Crippen MR) is 136 cm³/mol. The van der Waals surface area contributed by atoms with Crippen LogP contribution in [0.4, 0.5) is 0 Å². The standard InChI is InChI=1S/C30H31N2O/c1-18-24(23-9-7-8-16-32(23)6)28-21(17-31-18)20-12-10-19-11-13-22-26(25(19)27(20)33-28)30(4,5)15-14-29(22,2)3/h7-13,16-17H,14-15H2,1-6H3/q+1. The number of aryl methyl sites for hydroxylation is 2. The first-order valence-electron chi connectivity index (χ1n) is 11.9. The normalized spacial score (nSPS) is 17.0. The van der Waals surface area contributed by atoms with Crippen LogP contribution in [0.1, 0.15) is 57.4 Å². The zero-order valence-electron chi connectivity index (χ0n) is 20.4. The number of rotatable bonds is 1. The van der Waals surface area contributed by atoms with Crippen LogP contribution in [0.3, 0.4) is 0 Å². The lowest BCUT2D eigenvalue weighted by Gasteiger charge is -2.42. The van der Waals surface area contributed by atoms with Crippen LogP contribution in [-0.4, -0.2) is 4.98 Å². The van der Waals surface area contributed by atoms with Crippen molar-refractivity contribution in [2.45, 2.75) is 58.3 Å². The summed E-state index contributed by atoms with van der Waals surface area (Å²) >= 11 is 0. The summed E-state index contributed by atoms with van der Waals surface area (Å²) in [6.45, 7) is 11.6. The number of furan rings is 1. The fourth-order valence-corrected chi connectivity index (χ4v) is 5.92. The lowest BCUT2D eigenvalue weighted by Crippen LogP contribution is -2.34. The van der Waals surface area contributed by atoms with E-state index < -0.39 is 0 Å². The van der Waals surface area contributed by atoms with E-state index in [0.29, 0.717) is 0 Å². The van der Waals surface area contributed by atoms with Crippen LogP contribution < -0.4 is 4.57 Å². The summed E-state index contributed by atoms with van der Waals surface area (Å²) < 4.78 is 9.00. The third kappa shape index (κ3) is 2.81. The number of hydrogen-bond donors (Lipinski definition) is 0. The Kier molecular flexibility index (Phi) is 4.12. The minimum Gasteiger partial charge on any atom is -0.454 e. The van der Waals surface area contributed by atoms with Crippen molar-refractivity contribution in [3.63, 3.8) is 0 Å². The molecule has 0 radical (unpaired) electrons. The van der Waals surface area contributed by atoms with Gasteiger partial charge in [0.05, 0.1) is 5.69 Å². The molecule has 2 aromatic carbocycles. The molecular weight excluding hydrogens is 404 g/mol. The largest absolute Gasteiger partial charge is 0.454 e. The fourth-order valence-electron chi connectivity index (χ4n) is 5.92.